The van der Waals surface area contributed by atoms with Crippen molar-refractivity contribution in [1.82, 2.24) is 5.32 Å². The number of unbranched alkanes of at least 4 members (excludes halogenated alkanes) is 5. The monoisotopic (exact) mass is 283 g/mol. The number of hydrogen-bond acceptors (Lipinski definition) is 1. The van der Waals surface area contributed by atoms with Gasteiger partial charge >= 0.3 is 0 Å². The minimum absolute atomic E-state index is 0.220. The fraction of sp³-hybridized carbons (Fsp3) is 0.647. The molecule has 0 fully saturated rings. The minimum Gasteiger partial charge on any atom is -0.317 e. The first-order chi connectivity index (χ1) is 9.67. The molecule has 0 amide bonds. The van der Waals surface area contributed by atoms with Crippen LogP contribution in [0.4, 0.5) is 8.78 Å². The molecule has 0 aliphatic rings. The number of hydrogen-bond donors (Lipinski definition) is 1. The molecule has 0 bridgehead atoms. The molecule has 0 aromatic heterocycles. The second kappa shape index (κ2) is 9.87. The highest BCUT2D eigenvalue weighted by atomic mass is 19.1. The molecule has 1 atom stereocenters. The van der Waals surface area contributed by atoms with E-state index in [0.717, 1.165) is 12.8 Å². The Hall–Kier alpha value is -0.960. The van der Waals surface area contributed by atoms with E-state index in [2.05, 4.69) is 12.2 Å². The van der Waals surface area contributed by atoms with Crippen molar-refractivity contribution in [3.8, 4) is 0 Å². The lowest BCUT2D eigenvalue weighted by Crippen LogP contribution is -2.27. The Bertz CT molecular complexity index is 379. The first-order valence-corrected chi connectivity index (χ1v) is 7.78. The number of rotatable bonds is 10. The average molecular weight is 283 g/mol. The van der Waals surface area contributed by atoms with Crippen LogP contribution in [0.2, 0.25) is 0 Å². The zero-order valence-electron chi connectivity index (χ0n) is 12.7. The van der Waals surface area contributed by atoms with Crippen molar-refractivity contribution in [3.63, 3.8) is 0 Å². The lowest BCUT2D eigenvalue weighted by molar-refractivity contribution is 0.469. The molecule has 1 nitrogen and oxygen atoms in total. The largest absolute Gasteiger partial charge is 0.317 e. The quantitative estimate of drug-likeness (QED) is 0.605. The van der Waals surface area contributed by atoms with E-state index in [-0.39, 0.29) is 17.7 Å². The fourth-order valence-electron chi connectivity index (χ4n) is 2.48. The second-order valence-electron chi connectivity index (χ2n) is 5.48. The second-order valence-corrected chi connectivity index (χ2v) is 5.48. The molecule has 3 heteroatoms. The molecule has 1 aromatic rings. The van der Waals surface area contributed by atoms with Gasteiger partial charge in [0.15, 0.2) is 0 Å². The van der Waals surface area contributed by atoms with Crippen molar-refractivity contribution in [1.29, 1.82) is 0 Å². The Balaban J connectivity index is 2.33. The third-order valence-corrected chi connectivity index (χ3v) is 3.79. The van der Waals surface area contributed by atoms with E-state index in [4.69, 9.17) is 0 Å². The highest BCUT2D eigenvalue weighted by molar-refractivity contribution is 5.19. The van der Waals surface area contributed by atoms with Gasteiger partial charge in [0, 0.05) is 6.04 Å². The number of halogens is 2. The van der Waals surface area contributed by atoms with E-state index in [0.29, 0.717) is 12.0 Å². The third-order valence-electron chi connectivity index (χ3n) is 3.79. The maximum Gasteiger partial charge on any atom is 0.126 e. The van der Waals surface area contributed by atoms with Gasteiger partial charge in [-0.25, -0.2) is 8.78 Å². The summed E-state index contributed by atoms with van der Waals surface area (Å²) in [4.78, 5) is 0. The Morgan fingerprint density at radius 3 is 2.45 bits per heavy atom. The van der Waals surface area contributed by atoms with Crippen LogP contribution >= 0.6 is 0 Å². The molecule has 0 aliphatic heterocycles. The highest BCUT2D eigenvalue weighted by Crippen LogP contribution is 2.15. The van der Waals surface area contributed by atoms with Crippen LogP contribution in [0.3, 0.4) is 0 Å². The zero-order chi connectivity index (χ0) is 14.8. The number of likely N-dealkylation sites (N-methyl/N-ethyl adjacent to an activating group) is 1. The average Bonchev–Trinajstić information content (AvgIpc) is 2.45. The van der Waals surface area contributed by atoms with Crippen LogP contribution in [0, 0.1) is 11.6 Å². The lowest BCUT2D eigenvalue weighted by Gasteiger charge is -2.16. The molecule has 20 heavy (non-hydrogen) atoms. The van der Waals surface area contributed by atoms with Crippen LogP contribution < -0.4 is 5.32 Å². The Labute approximate surface area is 121 Å². The topological polar surface area (TPSA) is 12.0 Å². The van der Waals surface area contributed by atoms with E-state index in [1.165, 1.54) is 50.3 Å². The van der Waals surface area contributed by atoms with Crippen molar-refractivity contribution < 1.29 is 8.78 Å². The number of nitrogens with one attached hydrogen (secondary N) is 1. The van der Waals surface area contributed by atoms with E-state index >= 15 is 0 Å². The normalized spacial score (nSPS) is 12.6. The predicted molar refractivity (Wildman–Crippen MR) is 80.9 cm³/mol. The van der Waals surface area contributed by atoms with Crippen molar-refractivity contribution in [2.45, 2.75) is 64.3 Å². The van der Waals surface area contributed by atoms with Gasteiger partial charge in [-0.05, 0) is 43.7 Å². The zero-order valence-corrected chi connectivity index (χ0v) is 12.7. The minimum atomic E-state index is -0.365. The molecule has 114 valence electrons. The Morgan fingerprint density at radius 1 is 1.05 bits per heavy atom. The summed E-state index contributed by atoms with van der Waals surface area (Å²) in [6.45, 7) is 2.21. The smallest absolute Gasteiger partial charge is 0.126 e. The molecule has 1 rings (SSSR count). The maximum atomic E-state index is 13.6. The summed E-state index contributed by atoms with van der Waals surface area (Å²) in [5.74, 6) is -0.676. The van der Waals surface area contributed by atoms with Gasteiger partial charge < -0.3 is 5.32 Å². The molecular formula is C17H27F2N. The van der Waals surface area contributed by atoms with Crippen LogP contribution in [0.25, 0.3) is 0 Å². The first kappa shape index (κ1) is 17.1. The summed E-state index contributed by atoms with van der Waals surface area (Å²) >= 11 is 0. The SMILES string of the molecule is CCCCCCCCC(Cc1cc(F)ccc1F)NC. The van der Waals surface area contributed by atoms with E-state index < -0.39 is 0 Å². The summed E-state index contributed by atoms with van der Waals surface area (Å²) in [6, 6.07) is 3.90. The summed E-state index contributed by atoms with van der Waals surface area (Å²) in [6.07, 6.45) is 9.09. The van der Waals surface area contributed by atoms with Crippen LogP contribution in [0.1, 0.15) is 57.4 Å². The highest BCUT2D eigenvalue weighted by Gasteiger charge is 2.11. The predicted octanol–water partition coefficient (Wildman–Crippen LogP) is 4.85. The Morgan fingerprint density at radius 2 is 1.75 bits per heavy atom. The van der Waals surface area contributed by atoms with Gasteiger partial charge in [0.2, 0.25) is 0 Å². The molecule has 1 unspecified atom stereocenters. The molecular weight excluding hydrogens is 256 g/mol. The summed E-state index contributed by atoms with van der Waals surface area (Å²) in [5.41, 5.74) is 0.468. The first-order valence-electron chi connectivity index (χ1n) is 7.78. The molecule has 0 saturated carbocycles. The van der Waals surface area contributed by atoms with Crippen molar-refractivity contribution >= 4 is 0 Å². The molecule has 0 spiro atoms. The van der Waals surface area contributed by atoms with Gasteiger partial charge in [-0.15, -0.1) is 0 Å². The van der Waals surface area contributed by atoms with Crippen molar-refractivity contribution in [3.05, 3.63) is 35.4 Å². The van der Waals surface area contributed by atoms with Crippen LogP contribution in [-0.2, 0) is 6.42 Å². The molecule has 0 radical (unpaired) electrons. The van der Waals surface area contributed by atoms with Gasteiger partial charge in [-0.3, -0.25) is 0 Å². The maximum absolute atomic E-state index is 13.6. The van der Waals surface area contributed by atoms with Crippen molar-refractivity contribution in [2.75, 3.05) is 7.05 Å². The van der Waals surface area contributed by atoms with Gasteiger partial charge in [-0.1, -0.05) is 45.4 Å². The van der Waals surface area contributed by atoms with Gasteiger partial charge in [-0.2, -0.15) is 0 Å². The molecule has 0 saturated heterocycles. The fourth-order valence-corrected chi connectivity index (χ4v) is 2.48. The Kier molecular flexibility index (Phi) is 8.43. The lowest BCUT2D eigenvalue weighted by atomic mass is 9.99. The van der Waals surface area contributed by atoms with Gasteiger partial charge in [0.1, 0.15) is 11.6 Å². The molecule has 0 aliphatic carbocycles. The molecule has 1 aromatic carbocycles. The van der Waals surface area contributed by atoms with Gasteiger partial charge in [0.05, 0.1) is 0 Å². The van der Waals surface area contributed by atoms with Crippen LogP contribution in [0.15, 0.2) is 18.2 Å². The molecule has 0 heterocycles. The van der Waals surface area contributed by atoms with E-state index in [1.807, 2.05) is 7.05 Å². The standard InChI is InChI=1S/C17H27F2N/c1-3-4-5-6-7-8-9-16(20-2)13-14-12-15(18)10-11-17(14)19/h10-12,16,20H,3-9,13H2,1-2H3. The van der Waals surface area contributed by atoms with E-state index in [1.54, 1.807) is 0 Å². The third kappa shape index (κ3) is 6.47. The van der Waals surface area contributed by atoms with E-state index in [9.17, 15) is 8.78 Å². The summed E-state index contributed by atoms with van der Waals surface area (Å²) in [7, 11) is 1.89. The molecule has 1 N–H and O–H groups in total. The van der Waals surface area contributed by atoms with Gasteiger partial charge in [0.25, 0.3) is 0 Å². The summed E-state index contributed by atoms with van der Waals surface area (Å²) < 4.78 is 26.7. The number of benzene rings is 1. The van der Waals surface area contributed by atoms with Crippen LogP contribution in [0.5, 0.6) is 0 Å². The van der Waals surface area contributed by atoms with Crippen molar-refractivity contribution in [2.24, 2.45) is 0 Å². The summed E-state index contributed by atoms with van der Waals surface area (Å²) in [5, 5.41) is 3.21. The van der Waals surface area contributed by atoms with Crippen LogP contribution in [-0.4, -0.2) is 13.1 Å².